The first kappa shape index (κ1) is 12.9. The number of nitrogens with zero attached hydrogens (tertiary/aromatic N) is 2. The van der Waals surface area contributed by atoms with Crippen LogP contribution in [0.3, 0.4) is 0 Å². The van der Waals surface area contributed by atoms with Gasteiger partial charge in [0.25, 0.3) is 0 Å². The second-order valence-corrected chi connectivity index (χ2v) is 5.64. The highest BCUT2D eigenvalue weighted by Gasteiger charge is 2.31. The van der Waals surface area contributed by atoms with Gasteiger partial charge in [0.15, 0.2) is 5.13 Å². The highest BCUT2D eigenvalue weighted by Crippen LogP contribution is 2.34. The van der Waals surface area contributed by atoms with Crippen LogP contribution in [-0.2, 0) is 4.79 Å². The minimum Gasteiger partial charge on any atom is -0.494 e. The van der Waals surface area contributed by atoms with Crippen molar-refractivity contribution >= 4 is 32.6 Å². The molecule has 0 N–H and O–H groups in total. The fourth-order valence-corrected chi connectivity index (χ4v) is 3.29. The fraction of sp³-hybridized carbons (Fsp3) is 0.333. The van der Waals surface area contributed by atoms with Crippen molar-refractivity contribution in [3.05, 3.63) is 18.2 Å². The van der Waals surface area contributed by atoms with Crippen LogP contribution in [0.4, 0.5) is 5.13 Å². The van der Waals surface area contributed by atoms with Crippen molar-refractivity contribution in [3.8, 4) is 18.1 Å². The van der Waals surface area contributed by atoms with E-state index in [9.17, 15) is 4.79 Å². The van der Waals surface area contributed by atoms with Crippen LogP contribution in [0.15, 0.2) is 18.2 Å². The van der Waals surface area contributed by atoms with Crippen LogP contribution in [0.5, 0.6) is 5.75 Å². The highest BCUT2D eigenvalue weighted by atomic mass is 32.1. The molecular weight excluding hydrogens is 272 g/mol. The quantitative estimate of drug-likeness (QED) is 0.815. The van der Waals surface area contributed by atoms with E-state index in [-0.39, 0.29) is 11.8 Å². The molecule has 0 spiro atoms. The predicted octanol–water partition coefficient (Wildman–Crippen LogP) is 2.68. The Morgan fingerprint density at radius 3 is 3.15 bits per heavy atom. The molecule has 1 fully saturated rings. The zero-order valence-electron chi connectivity index (χ0n) is 11.1. The fourth-order valence-electron chi connectivity index (χ4n) is 2.27. The van der Waals surface area contributed by atoms with Crippen LogP contribution in [-0.4, -0.2) is 24.0 Å². The molecule has 102 valence electrons. The van der Waals surface area contributed by atoms with Gasteiger partial charge in [-0.05, 0) is 25.1 Å². The third-order valence-corrected chi connectivity index (χ3v) is 4.29. The number of hydrogen-bond donors (Lipinski definition) is 0. The first-order valence-corrected chi connectivity index (χ1v) is 7.32. The lowest BCUT2D eigenvalue weighted by molar-refractivity contribution is -0.117. The number of hydrogen-bond acceptors (Lipinski definition) is 4. The van der Waals surface area contributed by atoms with Crippen LogP contribution in [0, 0.1) is 18.3 Å². The van der Waals surface area contributed by atoms with Gasteiger partial charge in [-0.3, -0.25) is 9.69 Å². The summed E-state index contributed by atoms with van der Waals surface area (Å²) in [7, 11) is 0. The monoisotopic (exact) mass is 286 g/mol. The maximum absolute atomic E-state index is 12.0. The molecule has 4 nitrogen and oxygen atoms in total. The summed E-state index contributed by atoms with van der Waals surface area (Å²) in [5, 5.41) is 0.719. The Morgan fingerprint density at radius 1 is 1.60 bits per heavy atom. The Kier molecular flexibility index (Phi) is 3.33. The van der Waals surface area contributed by atoms with Crippen LogP contribution in [0.1, 0.15) is 13.3 Å². The summed E-state index contributed by atoms with van der Waals surface area (Å²) in [5.41, 5.74) is 0.880. The molecule has 1 saturated heterocycles. The Morgan fingerprint density at radius 2 is 2.45 bits per heavy atom. The largest absolute Gasteiger partial charge is 0.494 e. The van der Waals surface area contributed by atoms with Crippen molar-refractivity contribution in [3.63, 3.8) is 0 Å². The molecule has 1 aromatic heterocycles. The van der Waals surface area contributed by atoms with E-state index in [1.165, 1.54) is 11.3 Å². The molecule has 1 aliphatic rings. The lowest BCUT2D eigenvalue weighted by atomic mass is 10.1. The molecule has 3 rings (SSSR count). The molecule has 2 aromatic rings. The molecule has 1 atom stereocenters. The molecular formula is C15H14N2O2S. The van der Waals surface area contributed by atoms with Gasteiger partial charge >= 0.3 is 0 Å². The van der Waals surface area contributed by atoms with Gasteiger partial charge in [0, 0.05) is 18.9 Å². The maximum Gasteiger partial charge on any atom is 0.230 e. The van der Waals surface area contributed by atoms with E-state index < -0.39 is 0 Å². The number of rotatable bonds is 3. The number of ether oxygens (including phenoxy) is 1. The standard InChI is InChI=1S/C15H14N2O2S/c1-3-10-7-14(18)17(9-10)15-16-12-6-5-11(19-4-2)8-13(12)20-15/h1,5-6,8,10H,4,7,9H2,2H3. The van der Waals surface area contributed by atoms with Crippen LogP contribution < -0.4 is 9.64 Å². The average Bonchev–Trinajstić information content (AvgIpc) is 3.01. The Labute approximate surface area is 121 Å². The van der Waals surface area contributed by atoms with Gasteiger partial charge in [-0.25, -0.2) is 4.98 Å². The third-order valence-electron chi connectivity index (χ3n) is 3.25. The number of anilines is 1. The molecule has 1 amide bonds. The summed E-state index contributed by atoms with van der Waals surface area (Å²) in [6, 6.07) is 5.77. The van der Waals surface area contributed by atoms with Crippen LogP contribution in [0.25, 0.3) is 10.2 Å². The SMILES string of the molecule is C#CC1CC(=O)N(c2nc3ccc(OCC)cc3s2)C1. The maximum atomic E-state index is 12.0. The smallest absolute Gasteiger partial charge is 0.230 e. The van der Waals surface area contributed by atoms with Crippen molar-refractivity contribution < 1.29 is 9.53 Å². The topological polar surface area (TPSA) is 42.4 Å². The molecule has 0 saturated carbocycles. The summed E-state index contributed by atoms with van der Waals surface area (Å²) in [6.07, 6.45) is 5.82. The van der Waals surface area contributed by atoms with Gasteiger partial charge in [-0.1, -0.05) is 11.3 Å². The van der Waals surface area contributed by atoms with Crippen molar-refractivity contribution in [1.82, 2.24) is 4.98 Å². The molecule has 0 aliphatic carbocycles. The average molecular weight is 286 g/mol. The lowest BCUT2D eigenvalue weighted by Crippen LogP contribution is -2.24. The number of thiazole rings is 1. The summed E-state index contributed by atoms with van der Waals surface area (Å²) in [4.78, 5) is 18.2. The minimum atomic E-state index is -0.00602. The van der Waals surface area contributed by atoms with Crippen molar-refractivity contribution in [2.24, 2.45) is 5.92 Å². The molecule has 0 bridgehead atoms. The van der Waals surface area contributed by atoms with Gasteiger partial charge in [0.1, 0.15) is 5.75 Å². The molecule has 0 radical (unpaired) electrons. The van der Waals surface area contributed by atoms with E-state index in [1.807, 2.05) is 25.1 Å². The minimum absolute atomic E-state index is 0.00602. The number of carbonyl (C=O) groups excluding carboxylic acids is 1. The van der Waals surface area contributed by atoms with E-state index >= 15 is 0 Å². The molecule has 1 aliphatic heterocycles. The summed E-state index contributed by atoms with van der Waals surface area (Å²) in [6.45, 7) is 3.14. The number of aromatic nitrogens is 1. The van der Waals surface area contributed by atoms with E-state index in [0.717, 1.165) is 21.1 Å². The number of amides is 1. The molecule has 1 unspecified atom stereocenters. The zero-order valence-corrected chi connectivity index (χ0v) is 11.9. The molecule has 2 heterocycles. The Balaban J connectivity index is 1.93. The number of benzene rings is 1. The van der Waals surface area contributed by atoms with Crippen molar-refractivity contribution in [1.29, 1.82) is 0 Å². The first-order chi connectivity index (χ1) is 9.71. The summed E-state index contributed by atoms with van der Waals surface area (Å²) < 4.78 is 6.49. The van der Waals surface area contributed by atoms with Gasteiger partial charge in [-0.2, -0.15) is 0 Å². The Bertz CT molecular complexity index is 701. The van der Waals surface area contributed by atoms with E-state index in [2.05, 4.69) is 10.9 Å². The van der Waals surface area contributed by atoms with Crippen molar-refractivity contribution in [2.45, 2.75) is 13.3 Å². The predicted molar refractivity (Wildman–Crippen MR) is 80.1 cm³/mol. The summed E-state index contributed by atoms with van der Waals surface area (Å²) in [5.74, 6) is 3.52. The van der Waals surface area contributed by atoms with Crippen molar-refractivity contribution in [2.75, 3.05) is 18.1 Å². The van der Waals surface area contributed by atoms with Crippen LogP contribution in [0.2, 0.25) is 0 Å². The Hall–Kier alpha value is -2.06. The molecule has 20 heavy (non-hydrogen) atoms. The number of carbonyl (C=O) groups is 1. The summed E-state index contributed by atoms with van der Waals surface area (Å²) >= 11 is 1.50. The number of fused-ring (bicyclic) bond motifs is 1. The second kappa shape index (κ2) is 5.14. The van der Waals surface area contributed by atoms with E-state index in [0.29, 0.717) is 19.6 Å². The first-order valence-electron chi connectivity index (χ1n) is 6.51. The molecule has 5 heteroatoms. The number of terminal acetylenes is 1. The van der Waals surface area contributed by atoms with Gasteiger partial charge < -0.3 is 4.74 Å². The van der Waals surface area contributed by atoms with Gasteiger partial charge in [0.2, 0.25) is 5.91 Å². The van der Waals surface area contributed by atoms with Crippen LogP contribution >= 0.6 is 11.3 Å². The highest BCUT2D eigenvalue weighted by molar-refractivity contribution is 7.22. The van der Waals surface area contributed by atoms with E-state index in [1.54, 1.807) is 4.90 Å². The lowest BCUT2D eigenvalue weighted by Gasteiger charge is -2.10. The van der Waals surface area contributed by atoms with Gasteiger partial charge in [-0.15, -0.1) is 12.3 Å². The molecule has 1 aromatic carbocycles. The second-order valence-electron chi connectivity index (χ2n) is 4.63. The zero-order chi connectivity index (χ0) is 14.1. The van der Waals surface area contributed by atoms with Gasteiger partial charge in [0.05, 0.1) is 16.8 Å². The normalized spacial score (nSPS) is 18.5. The van der Waals surface area contributed by atoms with E-state index in [4.69, 9.17) is 11.2 Å². The third kappa shape index (κ3) is 2.23.